The van der Waals surface area contributed by atoms with E-state index in [0.29, 0.717) is 33.9 Å². The lowest BCUT2D eigenvalue weighted by atomic mass is 10.1. The molecule has 0 radical (unpaired) electrons. The molecule has 4 rings (SSSR count). The molecule has 1 aliphatic rings. The largest absolute Gasteiger partial charge is 0.497 e. The summed E-state index contributed by atoms with van der Waals surface area (Å²) in [7, 11) is 3.10. The number of carbonyl (C=O) groups excluding carboxylic acids is 3. The molecule has 1 heterocycles. The van der Waals surface area contributed by atoms with Crippen LogP contribution in [-0.4, -0.2) is 49.9 Å². The van der Waals surface area contributed by atoms with Gasteiger partial charge in [0.2, 0.25) is 0 Å². The highest BCUT2D eigenvalue weighted by Gasteiger charge is 2.35. The molecule has 0 saturated carbocycles. The second-order valence-electron chi connectivity index (χ2n) is 7.67. The van der Waals surface area contributed by atoms with Crippen molar-refractivity contribution < 1.29 is 23.9 Å². The zero-order valence-corrected chi connectivity index (χ0v) is 18.7. The van der Waals surface area contributed by atoms with Crippen molar-refractivity contribution in [3.05, 3.63) is 89.0 Å². The first-order valence-electron chi connectivity index (χ1n) is 10.5. The molecule has 0 spiro atoms. The quantitative estimate of drug-likeness (QED) is 0.516. The number of amides is 3. The molecule has 3 amide bonds. The number of fused-ring (bicyclic) bond motifs is 1. The van der Waals surface area contributed by atoms with Gasteiger partial charge in [0.15, 0.2) is 0 Å². The highest BCUT2D eigenvalue weighted by Crippen LogP contribution is 2.31. The fourth-order valence-electron chi connectivity index (χ4n) is 3.87. The molecule has 0 bridgehead atoms. The Morgan fingerprint density at radius 2 is 1.52 bits per heavy atom. The smallest absolute Gasteiger partial charge is 0.261 e. The van der Waals surface area contributed by atoms with Gasteiger partial charge in [0, 0.05) is 18.7 Å². The highest BCUT2D eigenvalue weighted by atomic mass is 16.5. The van der Waals surface area contributed by atoms with Gasteiger partial charge in [-0.25, -0.2) is 0 Å². The molecule has 1 aliphatic heterocycles. The van der Waals surface area contributed by atoms with Gasteiger partial charge in [0.25, 0.3) is 17.7 Å². The Bertz CT molecular complexity index is 1180. The van der Waals surface area contributed by atoms with Crippen molar-refractivity contribution in [2.45, 2.75) is 6.92 Å². The molecule has 33 heavy (non-hydrogen) atoms. The van der Waals surface area contributed by atoms with Gasteiger partial charge in [-0.1, -0.05) is 18.2 Å². The van der Waals surface area contributed by atoms with Crippen molar-refractivity contribution in [3.8, 4) is 11.5 Å². The van der Waals surface area contributed by atoms with Gasteiger partial charge in [-0.2, -0.15) is 0 Å². The van der Waals surface area contributed by atoms with Crippen molar-refractivity contribution in [1.82, 2.24) is 4.90 Å². The molecule has 168 valence electrons. The molecular formula is C26H24N2O5. The number of imide groups is 1. The highest BCUT2D eigenvalue weighted by molar-refractivity contribution is 6.21. The van der Waals surface area contributed by atoms with E-state index >= 15 is 0 Å². The number of nitrogens with zero attached hydrogens (tertiary/aromatic N) is 2. The molecule has 0 saturated heterocycles. The molecule has 0 fully saturated rings. The van der Waals surface area contributed by atoms with Crippen LogP contribution in [0.5, 0.6) is 11.5 Å². The Kier molecular flexibility index (Phi) is 6.13. The zero-order chi connectivity index (χ0) is 23.5. The molecule has 0 atom stereocenters. The van der Waals surface area contributed by atoms with Gasteiger partial charge in [0.05, 0.1) is 31.0 Å². The molecule has 0 aliphatic carbocycles. The maximum absolute atomic E-state index is 13.5. The van der Waals surface area contributed by atoms with Crippen LogP contribution in [-0.2, 0) is 0 Å². The third kappa shape index (κ3) is 4.17. The van der Waals surface area contributed by atoms with Crippen molar-refractivity contribution in [1.29, 1.82) is 0 Å². The minimum absolute atomic E-state index is 0.0469. The van der Waals surface area contributed by atoms with Crippen molar-refractivity contribution in [2.75, 3.05) is 32.2 Å². The Morgan fingerprint density at radius 3 is 2.09 bits per heavy atom. The lowest BCUT2D eigenvalue weighted by Crippen LogP contribution is -2.41. The van der Waals surface area contributed by atoms with E-state index in [1.54, 1.807) is 68.8 Å². The van der Waals surface area contributed by atoms with Crippen LogP contribution in [0.3, 0.4) is 0 Å². The summed E-state index contributed by atoms with van der Waals surface area (Å²) in [6, 6.07) is 19.0. The molecule has 3 aromatic rings. The summed E-state index contributed by atoms with van der Waals surface area (Å²) in [6.45, 7) is 2.09. The van der Waals surface area contributed by atoms with E-state index in [4.69, 9.17) is 9.47 Å². The second kappa shape index (κ2) is 9.16. The molecule has 7 nitrogen and oxygen atoms in total. The summed E-state index contributed by atoms with van der Waals surface area (Å²) in [5.41, 5.74) is 2.74. The van der Waals surface area contributed by atoms with E-state index in [1.165, 1.54) is 9.80 Å². The Morgan fingerprint density at radius 1 is 0.879 bits per heavy atom. The van der Waals surface area contributed by atoms with E-state index in [2.05, 4.69) is 0 Å². The van der Waals surface area contributed by atoms with Gasteiger partial charge in [0.1, 0.15) is 11.5 Å². The van der Waals surface area contributed by atoms with E-state index in [1.807, 2.05) is 19.1 Å². The molecule has 3 aromatic carbocycles. The number of ether oxygens (including phenoxy) is 2. The predicted octanol–water partition coefficient (Wildman–Crippen LogP) is 3.96. The van der Waals surface area contributed by atoms with E-state index in [0.717, 1.165) is 5.56 Å². The maximum Gasteiger partial charge on any atom is 0.261 e. The number of anilines is 1. The van der Waals surface area contributed by atoms with Crippen LogP contribution in [0.4, 0.5) is 5.69 Å². The average Bonchev–Trinajstić information content (AvgIpc) is 3.09. The number of aryl methyl sites for hydroxylation is 1. The summed E-state index contributed by atoms with van der Waals surface area (Å²) >= 11 is 0. The SMILES string of the molecule is COc1ccc(C(=O)N(CCN2C(=O)c3ccccc3C2=O)c2ccc(C)cc2OC)cc1. The minimum Gasteiger partial charge on any atom is -0.497 e. The Labute approximate surface area is 192 Å². The first kappa shape index (κ1) is 22.1. The van der Waals surface area contributed by atoms with Crippen LogP contribution in [0.1, 0.15) is 36.6 Å². The van der Waals surface area contributed by atoms with Gasteiger partial charge in [-0.05, 0) is 61.0 Å². The molecule has 0 aromatic heterocycles. The van der Waals surface area contributed by atoms with E-state index < -0.39 is 0 Å². The van der Waals surface area contributed by atoms with Crippen LogP contribution >= 0.6 is 0 Å². The molecule has 0 unspecified atom stereocenters. The first-order valence-corrected chi connectivity index (χ1v) is 10.5. The third-order valence-electron chi connectivity index (χ3n) is 5.63. The van der Waals surface area contributed by atoms with Gasteiger partial charge >= 0.3 is 0 Å². The second-order valence-corrected chi connectivity index (χ2v) is 7.67. The molecule has 7 heteroatoms. The Hall–Kier alpha value is -4.13. The van der Waals surface area contributed by atoms with E-state index in [9.17, 15) is 14.4 Å². The van der Waals surface area contributed by atoms with Crippen LogP contribution in [0, 0.1) is 6.92 Å². The summed E-state index contributed by atoms with van der Waals surface area (Å²) in [4.78, 5) is 41.8. The van der Waals surface area contributed by atoms with E-state index in [-0.39, 0.29) is 30.8 Å². The van der Waals surface area contributed by atoms with Crippen molar-refractivity contribution in [3.63, 3.8) is 0 Å². The van der Waals surface area contributed by atoms with Crippen molar-refractivity contribution >= 4 is 23.4 Å². The normalized spacial score (nSPS) is 12.5. The fraction of sp³-hybridized carbons (Fsp3) is 0.192. The number of hydrogen-bond donors (Lipinski definition) is 0. The number of rotatable bonds is 7. The Balaban J connectivity index is 1.65. The summed E-state index contributed by atoms with van der Waals surface area (Å²) in [6.07, 6.45) is 0. The van der Waals surface area contributed by atoms with Crippen molar-refractivity contribution in [2.24, 2.45) is 0 Å². The van der Waals surface area contributed by atoms with Gasteiger partial charge < -0.3 is 14.4 Å². The zero-order valence-electron chi connectivity index (χ0n) is 18.7. The van der Waals surface area contributed by atoms with Crippen LogP contribution in [0.15, 0.2) is 66.7 Å². The monoisotopic (exact) mass is 444 g/mol. The average molecular weight is 444 g/mol. The summed E-state index contributed by atoms with van der Waals surface area (Å²) < 4.78 is 10.7. The number of methoxy groups -OCH3 is 2. The summed E-state index contributed by atoms with van der Waals surface area (Å²) in [5.74, 6) is 0.166. The van der Waals surface area contributed by atoms with Crippen LogP contribution in [0.25, 0.3) is 0 Å². The number of benzene rings is 3. The number of carbonyl (C=O) groups is 3. The number of hydrogen-bond acceptors (Lipinski definition) is 5. The third-order valence-corrected chi connectivity index (χ3v) is 5.63. The lowest BCUT2D eigenvalue weighted by Gasteiger charge is -2.27. The van der Waals surface area contributed by atoms with Gasteiger partial charge in [-0.3, -0.25) is 19.3 Å². The molecular weight excluding hydrogens is 420 g/mol. The minimum atomic E-state index is -0.358. The van der Waals surface area contributed by atoms with Crippen LogP contribution in [0.2, 0.25) is 0 Å². The van der Waals surface area contributed by atoms with Gasteiger partial charge in [-0.15, -0.1) is 0 Å². The standard InChI is InChI=1S/C26H24N2O5/c1-17-8-13-22(23(16-17)33-3)27(24(29)18-9-11-19(32-2)12-10-18)14-15-28-25(30)20-6-4-5-7-21(20)26(28)31/h4-13,16H,14-15H2,1-3H3. The van der Waals surface area contributed by atoms with Crippen LogP contribution < -0.4 is 14.4 Å². The summed E-state index contributed by atoms with van der Waals surface area (Å²) in [5, 5.41) is 0. The fourth-order valence-corrected chi connectivity index (χ4v) is 3.87. The first-order chi connectivity index (χ1) is 15.9. The maximum atomic E-state index is 13.5. The molecule has 0 N–H and O–H groups in total. The topological polar surface area (TPSA) is 76.2 Å². The predicted molar refractivity (Wildman–Crippen MR) is 124 cm³/mol. The lowest BCUT2D eigenvalue weighted by molar-refractivity contribution is 0.0654.